The van der Waals surface area contributed by atoms with Crippen molar-refractivity contribution in [1.29, 1.82) is 0 Å². The lowest BCUT2D eigenvalue weighted by Crippen LogP contribution is -2.48. The molecule has 0 spiro atoms. The van der Waals surface area contributed by atoms with Crippen LogP contribution in [0.3, 0.4) is 0 Å². The minimum atomic E-state index is -4.74. The van der Waals surface area contributed by atoms with E-state index < -0.39 is 24.9 Å². The molecule has 0 saturated carbocycles. The molecule has 25 heavy (non-hydrogen) atoms. The maximum atomic E-state index is 12.6. The smallest absolute Gasteiger partial charge is 0.410 e. The molecule has 0 saturated heterocycles. The first-order valence-corrected chi connectivity index (χ1v) is 7.71. The Morgan fingerprint density at radius 2 is 1.60 bits per heavy atom. The van der Waals surface area contributed by atoms with Crippen molar-refractivity contribution in [1.82, 2.24) is 5.32 Å². The molecule has 2 N–H and O–H groups in total. The maximum absolute atomic E-state index is 12.6. The van der Waals surface area contributed by atoms with Crippen LogP contribution in [0, 0.1) is 0 Å². The van der Waals surface area contributed by atoms with Gasteiger partial charge in [0.25, 0.3) is 0 Å². The Labute approximate surface area is 142 Å². The van der Waals surface area contributed by atoms with E-state index in [1.54, 1.807) is 5.32 Å². The van der Waals surface area contributed by atoms with Gasteiger partial charge in [-0.1, -0.05) is 48.5 Å². The number of carbonyl (C=O) groups is 1. The molecule has 4 nitrogen and oxygen atoms in total. The van der Waals surface area contributed by atoms with E-state index >= 15 is 0 Å². The van der Waals surface area contributed by atoms with Crippen LogP contribution in [0.15, 0.2) is 48.5 Å². The monoisotopic (exact) mass is 351 g/mol. The van der Waals surface area contributed by atoms with Gasteiger partial charge in [0.2, 0.25) is 0 Å². The first-order valence-electron chi connectivity index (χ1n) is 7.71. The van der Waals surface area contributed by atoms with Gasteiger partial charge in [-0.25, -0.2) is 4.79 Å². The van der Waals surface area contributed by atoms with Crippen LogP contribution >= 0.6 is 0 Å². The summed E-state index contributed by atoms with van der Waals surface area (Å²) in [5, 5.41) is 10.4. The lowest BCUT2D eigenvalue weighted by molar-refractivity contribution is -0.162. The average molecular weight is 351 g/mol. The molecule has 132 valence electrons. The van der Waals surface area contributed by atoms with Gasteiger partial charge < -0.3 is 15.2 Å². The molecule has 0 heterocycles. The van der Waals surface area contributed by atoms with E-state index in [-0.39, 0.29) is 12.5 Å². The molecule has 1 aliphatic rings. The summed E-state index contributed by atoms with van der Waals surface area (Å²) in [6, 6.07) is 12.9. The quantitative estimate of drug-likeness (QED) is 0.887. The van der Waals surface area contributed by atoms with Gasteiger partial charge >= 0.3 is 12.3 Å². The molecule has 1 aliphatic carbocycles. The Kier molecular flexibility index (Phi) is 4.67. The number of hydrogen-bond acceptors (Lipinski definition) is 3. The van der Waals surface area contributed by atoms with Crippen LogP contribution < -0.4 is 5.32 Å². The summed E-state index contributed by atoms with van der Waals surface area (Å²) in [7, 11) is 0. The number of alkyl carbamates (subject to hydrolysis) is 1. The highest BCUT2D eigenvalue weighted by atomic mass is 19.4. The van der Waals surface area contributed by atoms with Crippen LogP contribution in [0.25, 0.3) is 11.1 Å². The van der Waals surface area contributed by atoms with Crippen LogP contribution in [-0.4, -0.2) is 36.6 Å². The molecule has 0 fully saturated rings. The van der Waals surface area contributed by atoms with Crippen LogP contribution in [0.2, 0.25) is 0 Å². The van der Waals surface area contributed by atoms with Crippen LogP contribution in [0.4, 0.5) is 18.0 Å². The summed E-state index contributed by atoms with van der Waals surface area (Å²) in [6.07, 6.45) is -5.95. The number of hydrogen-bond donors (Lipinski definition) is 2. The first-order chi connectivity index (χ1) is 11.9. The summed E-state index contributed by atoms with van der Waals surface area (Å²) in [5.74, 6) is -0.239. The number of ether oxygens (including phenoxy) is 1. The van der Waals surface area contributed by atoms with Crippen molar-refractivity contribution >= 4 is 6.09 Å². The zero-order chi connectivity index (χ0) is 18.0. The van der Waals surface area contributed by atoms with Crippen molar-refractivity contribution in [3.05, 3.63) is 59.7 Å². The molecule has 2 aromatic rings. The van der Waals surface area contributed by atoms with Gasteiger partial charge in [-0.15, -0.1) is 0 Å². The summed E-state index contributed by atoms with van der Waals surface area (Å²) in [5.41, 5.74) is 3.98. The molecular weight excluding hydrogens is 335 g/mol. The number of amides is 1. The van der Waals surface area contributed by atoms with Crippen LogP contribution in [0.5, 0.6) is 0 Å². The highest BCUT2D eigenvalue weighted by Crippen LogP contribution is 2.44. The van der Waals surface area contributed by atoms with E-state index in [4.69, 9.17) is 9.84 Å². The summed E-state index contributed by atoms with van der Waals surface area (Å²) in [6.45, 7) is -1.33. The Morgan fingerprint density at radius 3 is 2.08 bits per heavy atom. The minimum Gasteiger partial charge on any atom is -0.449 e. The number of halogens is 3. The van der Waals surface area contributed by atoms with E-state index in [0.717, 1.165) is 22.3 Å². The van der Waals surface area contributed by atoms with Crippen molar-refractivity contribution in [3.63, 3.8) is 0 Å². The number of benzene rings is 2. The lowest BCUT2D eigenvalue weighted by Gasteiger charge is -2.20. The molecule has 1 atom stereocenters. The van der Waals surface area contributed by atoms with Crippen LogP contribution in [0.1, 0.15) is 17.0 Å². The van der Waals surface area contributed by atoms with Gasteiger partial charge in [-0.3, -0.25) is 0 Å². The highest BCUT2D eigenvalue weighted by molar-refractivity contribution is 5.79. The second-order valence-corrected chi connectivity index (χ2v) is 5.75. The van der Waals surface area contributed by atoms with Gasteiger partial charge in [-0.05, 0) is 22.3 Å². The molecule has 7 heteroatoms. The third-order valence-electron chi connectivity index (χ3n) is 4.21. The van der Waals surface area contributed by atoms with E-state index in [2.05, 4.69) is 0 Å². The predicted molar refractivity (Wildman–Crippen MR) is 85.1 cm³/mol. The SMILES string of the molecule is O=C(N[C@H](CO)C(F)(F)F)OCC1c2ccccc2-c2ccccc21. The number of rotatable bonds is 4. The summed E-state index contributed by atoms with van der Waals surface area (Å²) < 4.78 is 42.8. The normalized spacial score (nSPS) is 14.6. The third-order valence-corrected chi connectivity index (χ3v) is 4.21. The number of aliphatic hydroxyl groups excluding tert-OH is 1. The zero-order valence-corrected chi connectivity index (χ0v) is 13.1. The molecule has 3 rings (SSSR count). The minimum absolute atomic E-state index is 0.0874. The molecule has 0 unspecified atom stereocenters. The van der Waals surface area contributed by atoms with Crippen molar-refractivity contribution in [2.75, 3.05) is 13.2 Å². The van der Waals surface area contributed by atoms with Gasteiger partial charge in [0.05, 0.1) is 6.61 Å². The average Bonchev–Trinajstić information content (AvgIpc) is 2.91. The zero-order valence-electron chi connectivity index (χ0n) is 13.1. The molecule has 0 bridgehead atoms. The summed E-state index contributed by atoms with van der Waals surface area (Å²) >= 11 is 0. The molecule has 0 radical (unpaired) electrons. The van der Waals surface area contributed by atoms with Crippen molar-refractivity contribution in [2.45, 2.75) is 18.1 Å². The van der Waals surface area contributed by atoms with Crippen LogP contribution in [-0.2, 0) is 4.74 Å². The number of nitrogens with one attached hydrogen (secondary N) is 1. The standard InChI is InChI=1S/C18H16F3NO3/c19-18(20,21)16(9-23)22-17(24)25-10-15-13-7-3-1-5-11(13)12-6-2-4-8-14(12)15/h1-8,15-16,23H,9-10H2,(H,22,24)/t16-/m1/s1. The van der Waals surface area contributed by atoms with E-state index in [9.17, 15) is 18.0 Å². The van der Waals surface area contributed by atoms with E-state index in [1.165, 1.54) is 0 Å². The fourth-order valence-corrected chi connectivity index (χ4v) is 3.01. The van der Waals surface area contributed by atoms with Gasteiger partial charge in [0, 0.05) is 5.92 Å². The topological polar surface area (TPSA) is 58.6 Å². The number of alkyl halides is 3. The van der Waals surface area contributed by atoms with Crippen molar-refractivity contribution in [2.24, 2.45) is 0 Å². The molecule has 1 amide bonds. The largest absolute Gasteiger partial charge is 0.449 e. The fraction of sp³-hybridized carbons (Fsp3) is 0.278. The van der Waals surface area contributed by atoms with Gasteiger partial charge in [0.15, 0.2) is 6.04 Å². The second-order valence-electron chi connectivity index (χ2n) is 5.75. The number of carbonyl (C=O) groups excluding carboxylic acids is 1. The Balaban J connectivity index is 1.72. The Morgan fingerprint density at radius 1 is 1.08 bits per heavy atom. The van der Waals surface area contributed by atoms with E-state index in [0.29, 0.717) is 0 Å². The molecule has 0 aromatic heterocycles. The number of fused-ring (bicyclic) bond motifs is 3. The third kappa shape index (κ3) is 3.46. The predicted octanol–water partition coefficient (Wildman–Crippen LogP) is 3.45. The van der Waals surface area contributed by atoms with E-state index in [1.807, 2.05) is 48.5 Å². The lowest BCUT2D eigenvalue weighted by atomic mass is 9.98. The second kappa shape index (κ2) is 6.76. The summed E-state index contributed by atoms with van der Waals surface area (Å²) in [4.78, 5) is 11.7. The van der Waals surface area contributed by atoms with Gasteiger partial charge in [-0.2, -0.15) is 13.2 Å². The Hall–Kier alpha value is -2.54. The van der Waals surface area contributed by atoms with Gasteiger partial charge in [0.1, 0.15) is 6.61 Å². The molecule has 2 aromatic carbocycles. The first kappa shape index (κ1) is 17.3. The molecule has 0 aliphatic heterocycles. The number of aliphatic hydroxyl groups is 1. The van der Waals surface area contributed by atoms with Crippen molar-refractivity contribution in [3.8, 4) is 11.1 Å². The fourth-order valence-electron chi connectivity index (χ4n) is 3.01. The highest BCUT2D eigenvalue weighted by Gasteiger charge is 2.40. The Bertz CT molecular complexity index is 731. The maximum Gasteiger partial charge on any atom is 0.410 e. The molecular formula is C18H16F3NO3. The van der Waals surface area contributed by atoms with Crippen molar-refractivity contribution < 1.29 is 27.8 Å².